The normalized spacial score (nSPS) is 10.5. The Labute approximate surface area is 143 Å². The first-order valence-corrected chi connectivity index (χ1v) is 8.12. The van der Waals surface area contributed by atoms with Gasteiger partial charge >= 0.3 is 0 Å². The molecule has 24 heavy (non-hydrogen) atoms. The molecule has 0 aliphatic heterocycles. The predicted octanol–water partition coefficient (Wildman–Crippen LogP) is 3.82. The second kappa shape index (κ2) is 8.39. The average molecular weight is 327 g/mol. The second-order valence-electron chi connectivity index (χ2n) is 6.09. The number of hydrogen-bond donors (Lipinski definition) is 1. The molecule has 4 nitrogen and oxygen atoms in total. The first-order valence-electron chi connectivity index (χ1n) is 8.12. The van der Waals surface area contributed by atoms with Crippen LogP contribution in [0.4, 0.5) is 0 Å². The minimum absolute atomic E-state index is 0.0105. The van der Waals surface area contributed by atoms with E-state index in [1.165, 1.54) is 11.1 Å². The SMILES string of the molecule is COc1ccc(CNC(=O)COc2ccc(C(C)C)c(C)c2)cc1. The van der Waals surface area contributed by atoms with Crippen LogP contribution in [-0.2, 0) is 11.3 Å². The second-order valence-corrected chi connectivity index (χ2v) is 6.09. The molecule has 0 saturated carbocycles. The predicted molar refractivity (Wildman–Crippen MR) is 95.6 cm³/mol. The van der Waals surface area contributed by atoms with E-state index in [0.29, 0.717) is 12.5 Å². The third-order valence-corrected chi connectivity index (χ3v) is 3.88. The molecule has 0 aliphatic rings. The molecule has 4 heteroatoms. The molecule has 0 unspecified atom stereocenters. The smallest absolute Gasteiger partial charge is 0.258 e. The van der Waals surface area contributed by atoms with Crippen molar-refractivity contribution in [1.82, 2.24) is 5.32 Å². The summed E-state index contributed by atoms with van der Waals surface area (Å²) >= 11 is 0. The number of methoxy groups -OCH3 is 1. The van der Waals surface area contributed by atoms with E-state index in [2.05, 4.69) is 32.2 Å². The van der Waals surface area contributed by atoms with E-state index in [1.807, 2.05) is 36.4 Å². The zero-order valence-corrected chi connectivity index (χ0v) is 14.8. The number of carbonyl (C=O) groups excluding carboxylic acids is 1. The van der Waals surface area contributed by atoms with Crippen LogP contribution in [0.3, 0.4) is 0 Å². The van der Waals surface area contributed by atoms with Gasteiger partial charge in [-0.1, -0.05) is 32.0 Å². The maximum atomic E-state index is 11.9. The lowest BCUT2D eigenvalue weighted by Crippen LogP contribution is -2.28. The van der Waals surface area contributed by atoms with Gasteiger partial charge in [-0.3, -0.25) is 4.79 Å². The Morgan fingerprint density at radius 3 is 2.33 bits per heavy atom. The molecule has 128 valence electrons. The fourth-order valence-electron chi connectivity index (χ4n) is 2.53. The first-order chi connectivity index (χ1) is 11.5. The van der Waals surface area contributed by atoms with Gasteiger partial charge in [0.05, 0.1) is 7.11 Å². The lowest BCUT2D eigenvalue weighted by molar-refractivity contribution is -0.123. The van der Waals surface area contributed by atoms with Crippen LogP contribution in [0.2, 0.25) is 0 Å². The van der Waals surface area contributed by atoms with E-state index >= 15 is 0 Å². The maximum absolute atomic E-state index is 11.9. The monoisotopic (exact) mass is 327 g/mol. The van der Waals surface area contributed by atoms with Crippen LogP contribution < -0.4 is 14.8 Å². The zero-order chi connectivity index (χ0) is 17.5. The molecule has 0 radical (unpaired) electrons. The topological polar surface area (TPSA) is 47.6 Å². The summed E-state index contributed by atoms with van der Waals surface area (Å²) in [6.07, 6.45) is 0. The molecule has 2 rings (SSSR count). The van der Waals surface area contributed by atoms with Crippen molar-refractivity contribution in [2.75, 3.05) is 13.7 Å². The third kappa shape index (κ3) is 5.01. The van der Waals surface area contributed by atoms with Crippen molar-refractivity contribution >= 4 is 5.91 Å². The van der Waals surface area contributed by atoms with Crippen molar-refractivity contribution in [3.05, 3.63) is 59.2 Å². The summed E-state index contributed by atoms with van der Waals surface area (Å²) in [6, 6.07) is 13.5. The fraction of sp³-hybridized carbons (Fsp3) is 0.350. The maximum Gasteiger partial charge on any atom is 0.258 e. The molecule has 0 fully saturated rings. The Hall–Kier alpha value is -2.49. The summed E-state index contributed by atoms with van der Waals surface area (Å²) in [4.78, 5) is 11.9. The van der Waals surface area contributed by atoms with Gasteiger partial charge in [0.25, 0.3) is 5.91 Å². The van der Waals surface area contributed by atoms with Gasteiger partial charge in [0.1, 0.15) is 11.5 Å². The number of aryl methyl sites for hydroxylation is 1. The molecule has 2 aromatic rings. The molecule has 2 aromatic carbocycles. The van der Waals surface area contributed by atoms with Crippen molar-refractivity contribution in [2.45, 2.75) is 33.2 Å². The average Bonchev–Trinajstić information content (AvgIpc) is 2.58. The van der Waals surface area contributed by atoms with Crippen molar-refractivity contribution in [1.29, 1.82) is 0 Å². The number of nitrogens with one attached hydrogen (secondary N) is 1. The van der Waals surface area contributed by atoms with E-state index in [-0.39, 0.29) is 12.5 Å². The molecule has 1 amide bonds. The van der Waals surface area contributed by atoms with Gasteiger partial charge < -0.3 is 14.8 Å². The lowest BCUT2D eigenvalue weighted by atomic mass is 9.98. The number of amides is 1. The van der Waals surface area contributed by atoms with Gasteiger partial charge in [-0.05, 0) is 53.8 Å². The summed E-state index contributed by atoms with van der Waals surface area (Å²) in [5.41, 5.74) is 3.49. The molecule has 0 heterocycles. The van der Waals surface area contributed by atoms with Crippen LogP contribution >= 0.6 is 0 Å². The van der Waals surface area contributed by atoms with E-state index in [9.17, 15) is 4.79 Å². The summed E-state index contributed by atoms with van der Waals surface area (Å²) < 4.78 is 10.7. The van der Waals surface area contributed by atoms with E-state index in [0.717, 1.165) is 17.1 Å². The lowest BCUT2D eigenvalue weighted by Gasteiger charge is -2.12. The summed E-state index contributed by atoms with van der Waals surface area (Å²) in [6.45, 7) is 6.87. The van der Waals surface area contributed by atoms with Gasteiger partial charge in [-0.15, -0.1) is 0 Å². The Balaban J connectivity index is 1.81. The Kier molecular flexibility index (Phi) is 6.24. The van der Waals surface area contributed by atoms with Crippen molar-refractivity contribution in [3.8, 4) is 11.5 Å². The minimum atomic E-state index is -0.142. The zero-order valence-electron chi connectivity index (χ0n) is 14.8. The molecule has 0 atom stereocenters. The van der Waals surface area contributed by atoms with Gasteiger partial charge in [0, 0.05) is 6.54 Å². The largest absolute Gasteiger partial charge is 0.497 e. The van der Waals surface area contributed by atoms with Crippen LogP contribution in [0.25, 0.3) is 0 Å². The summed E-state index contributed by atoms with van der Waals surface area (Å²) in [5.74, 6) is 1.85. The van der Waals surface area contributed by atoms with E-state index < -0.39 is 0 Å². The van der Waals surface area contributed by atoms with Gasteiger partial charge in [-0.25, -0.2) is 0 Å². The first kappa shape index (κ1) is 17.9. The Morgan fingerprint density at radius 1 is 1.08 bits per heavy atom. The van der Waals surface area contributed by atoms with Crippen LogP contribution in [0, 0.1) is 6.92 Å². The summed E-state index contributed by atoms with van der Waals surface area (Å²) in [5, 5.41) is 2.85. The van der Waals surface area contributed by atoms with Crippen LogP contribution in [0.1, 0.15) is 36.5 Å². The number of benzene rings is 2. The molecule has 1 N–H and O–H groups in total. The van der Waals surface area contributed by atoms with Crippen LogP contribution in [0.5, 0.6) is 11.5 Å². The van der Waals surface area contributed by atoms with Crippen LogP contribution in [-0.4, -0.2) is 19.6 Å². The van der Waals surface area contributed by atoms with Gasteiger partial charge in [0.2, 0.25) is 0 Å². The molecule has 0 aromatic heterocycles. The standard InChI is InChI=1S/C20H25NO3/c1-14(2)19-10-9-18(11-15(19)3)24-13-20(22)21-12-16-5-7-17(23-4)8-6-16/h5-11,14H,12-13H2,1-4H3,(H,21,22). The molecular formula is C20H25NO3. The number of ether oxygens (including phenoxy) is 2. The fourth-order valence-corrected chi connectivity index (χ4v) is 2.53. The molecule has 0 spiro atoms. The number of rotatable bonds is 7. The summed E-state index contributed by atoms with van der Waals surface area (Å²) in [7, 11) is 1.63. The highest BCUT2D eigenvalue weighted by Gasteiger charge is 2.07. The molecule has 0 aliphatic carbocycles. The highest BCUT2D eigenvalue weighted by atomic mass is 16.5. The Morgan fingerprint density at radius 2 is 1.75 bits per heavy atom. The van der Waals surface area contributed by atoms with Crippen molar-refractivity contribution in [3.63, 3.8) is 0 Å². The number of hydrogen-bond acceptors (Lipinski definition) is 3. The molecular weight excluding hydrogens is 302 g/mol. The highest BCUT2D eigenvalue weighted by Crippen LogP contribution is 2.23. The molecule has 0 saturated heterocycles. The van der Waals surface area contributed by atoms with Gasteiger partial charge in [-0.2, -0.15) is 0 Å². The van der Waals surface area contributed by atoms with Gasteiger partial charge in [0.15, 0.2) is 6.61 Å². The van der Waals surface area contributed by atoms with E-state index in [1.54, 1.807) is 7.11 Å². The molecule has 0 bridgehead atoms. The van der Waals surface area contributed by atoms with E-state index in [4.69, 9.17) is 9.47 Å². The quantitative estimate of drug-likeness (QED) is 0.841. The van der Waals surface area contributed by atoms with Crippen LogP contribution in [0.15, 0.2) is 42.5 Å². The van der Waals surface area contributed by atoms with Crippen molar-refractivity contribution < 1.29 is 14.3 Å². The Bertz CT molecular complexity index is 678. The van der Waals surface area contributed by atoms with Crippen molar-refractivity contribution in [2.24, 2.45) is 0 Å². The third-order valence-electron chi connectivity index (χ3n) is 3.88. The highest BCUT2D eigenvalue weighted by molar-refractivity contribution is 5.77. The number of carbonyl (C=O) groups is 1. The minimum Gasteiger partial charge on any atom is -0.497 e.